The van der Waals surface area contributed by atoms with Crippen LogP contribution < -0.4 is 0 Å². The van der Waals surface area contributed by atoms with Crippen LogP contribution in [0.15, 0.2) is 0 Å². The van der Waals surface area contributed by atoms with Crippen LogP contribution in [-0.2, 0) is 85.3 Å². The molecule has 0 aromatic carbocycles. The standard InChI is InChI=1S/C68H130O18/c1-13-24-36-69-48-53-57(85-66-63(78-44-32-21-9)60(76-42-30-19-7)56(51(12)81-66)73-39-27-16-4)52(35-47-72-53)82-67-65(80-46-34-23-11)62(59(75-41-29-18-6)55(83-67)50-71-38-26-15-3)86-68-64(79-45-33-22-10)61(77-43-31-20-8)58(74-40-28-17-5)54(84-68)49-70-37-25-14-2/h51-68H,13-50H2,1-12H3. The van der Waals surface area contributed by atoms with Crippen LogP contribution in [0.25, 0.3) is 0 Å². The summed E-state index contributed by atoms with van der Waals surface area (Å²) in [6.07, 6.45) is 9.34. The van der Waals surface area contributed by atoms with Crippen LogP contribution in [0.2, 0.25) is 0 Å². The maximum absolute atomic E-state index is 7.68. The van der Waals surface area contributed by atoms with E-state index in [1.807, 2.05) is 6.92 Å². The number of unbranched alkanes of at least 4 members (excludes halogenated alkanes) is 11. The molecule has 4 aliphatic rings. The van der Waals surface area contributed by atoms with Gasteiger partial charge in [0.25, 0.3) is 0 Å². The molecule has 4 saturated heterocycles. The van der Waals surface area contributed by atoms with Crippen molar-refractivity contribution < 1.29 is 85.3 Å². The van der Waals surface area contributed by atoms with Gasteiger partial charge in [-0.3, -0.25) is 0 Å². The van der Waals surface area contributed by atoms with E-state index in [0.29, 0.717) is 92.3 Å². The van der Waals surface area contributed by atoms with Crippen LogP contribution in [0.4, 0.5) is 0 Å². The molecular weight excluding hydrogens is 1100 g/mol. The molecule has 18 nitrogen and oxygen atoms in total. The highest BCUT2D eigenvalue weighted by Crippen LogP contribution is 2.39. The molecule has 510 valence electrons. The van der Waals surface area contributed by atoms with E-state index in [-0.39, 0.29) is 25.4 Å². The summed E-state index contributed by atoms with van der Waals surface area (Å²) in [5, 5.41) is 0. The Morgan fingerprint density at radius 1 is 0.279 bits per heavy atom. The second-order valence-corrected chi connectivity index (χ2v) is 24.2. The summed E-state index contributed by atoms with van der Waals surface area (Å²) in [6, 6.07) is 0. The molecule has 0 N–H and O–H groups in total. The minimum Gasteiger partial charge on any atom is -0.379 e. The Kier molecular flexibility index (Phi) is 44.2. The van der Waals surface area contributed by atoms with Crippen molar-refractivity contribution in [3.05, 3.63) is 0 Å². The minimum absolute atomic E-state index is 0.233. The summed E-state index contributed by atoms with van der Waals surface area (Å²) in [7, 11) is 0. The zero-order valence-electron chi connectivity index (χ0n) is 56.6. The molecule has 4 rings (SSSR count). The fourth-order valence-electron chi connectivity index (χ4n) is 11.0. The molecule has 18 atom stereocenters. The van der Waals surface area contributed by atoms with Gasteiger partial charge in [-0.25, -0.2) is 0 Å². The van der Waals surface area contributed by atoms with E-state index in [1.54, 1.807) is 0 Å². The molecule has 0 spiro atoms. The van der Waals surface area contributed by atoms with Crippen LogP contribution in [-0.4, -0.2) is 210 Å². The van der Waals surface area contributed by atoms with Crippen molar-refractivity contribution in [1.82, 2.24) is 0 Å². The third-order valence-corrected chi connectivity index (χ3v) is 16.5. The van der Waals surface area contributed by atoms with Gasteiger partial charge in [-0.05, 0) is 84.0 Å². The topological polar surface area (TPSA) is 166 Å². The molecular formula is C68H130O18. The lowest BCUT2D eigenvalue weighted by Gasteiger charge is -2.51. The minimum atomic E-state index is -0.999. The molecule has 18 heteroatoms. The molecule has 4 heterocycles. The first kappa shape index (κ1) is 77.7. The smallest absolute Gasteiger partial charge is 0.187 e. The summed E-state index contributed by atoms with van der Waals surface area (Å²) < 4.78 is 126. The summed E-state index contributed by atoms with van der Waals surface area (Å²) in [6.45, 7) is 33.0. The van der Waals surface area contributed by atoms with Gasteiger partial charge < -0.3 is 85.3 Å². The van der Waals surface area contributed by atoms with Crippen molar-refractivity contribution in [2.24, 2.45) is 0 Å². The van der Waals surface area contributed by atoms with Gasteiger partial charge >= 0.3 is 0 Å². The normalized spacial score (nSPS) is 31.7. The summed E-state index contributed by atoms with van der Waals surface area (Å²) in [5.41, 5.74) is 0. The molecule has 0 amide bonds. The SMILES string of the molecule is CCCCOCC1OCCC(OC2OC(COCCCC)C(OCCCC)C(OC3OC(COCCCC)C(OCCCC)C(OCCCC)C3OCCCC)C2OCCCC)C1OC1OC(C)C(OCCCC)C(OCCCC)C1OCCCC. The monoisotopic (exact) mass is 1230 g/mol. The van der Waals surface area contributed by atoms with E-state index < -0.39 is 98.2 Å². The zero-order valence-corrected chi connectivity index (χ0v) is 56.6. The quantitative estimate of drug-likeness (QED) is 0.0527. The maximum Gasteiger partial charge on any atom is 0.187 e. The van der Waals surface area contributed by atoms with Crippen molar-refractivity contribution >= 4 is 0 Å². The van der Waals surface area contributed by atoms with Crippen LogP contribution in [0.3, 0.4) is 0 Å². The highest BCUT2D eigenvalue weighted by atomic mass is 16.8. The average Bonchev–Trinajstić information content (AvgIpc) is 3.41. The van der Waals surface area contributed by atoms with Crippen LogP contribution in [0, 0.1) is 0 Å². The van der Waals surface area contributed by atoms with Gasteiger partial charge in [-0.15, -0.1) is 0 Å². The van der Waals surface area contributed by atoms with Crippen molar-refractivity contribution in [3.8, 4) is 0 Å². The van der Waals surface area contributed by atoms with E-state index in [0.717, 1.165) is 141 Å². The molecule has 18 unspecified atom stereocenters. The third kappa shape index (κ3) is 27.5. The Morgan fingerprint density at radius 2 is 0.570 bits per heavy atom. The Bertz CT molecular complexity index is 1560. The van der Waals surface area contributed by atoms with Crippen LogP contribution in [0.5, 0.6) is 0 Å². The third-order valence-electron chi connectivity index (χ3n) is 16.5. The van der Waals surface area contributed by atoms with Crippen molar-refractivity contribution in [1.29, 1.82) is 0 Å². The van der Waals surface area contributed by atoms with Gasteiger partial charge in [0.05, 0.1) is 32.0 Å². The van der Waals surface area contributed by atoms with Gasteiger partial charge in [-0.2, -0.15) is 0 Å². The maximum atomic E-state index is 7.68. The lowest BCUT2D eigenvalue weighted by Crippen LogP contribution is -2.67. The average molecular weight is 1240 g/mol. The molecule has 0 aliphatic carbocycles. The predicted octanol–water partition coefficient (Wildman–Crippen LogP) is 13.1. The van der Waals surface area contributed by atoms with Gasteiger partial charge in [0.15, 0.2) is 18.9 Å². The Hall–Kier alpha value is -0.720. The first-order chi connectivity index (χ1) is 42.2. The largest absolute Gasteiger partial charge is 0.379 e. The molecule has 4 aliphatic heterocycles. The molecule has 0 radical (unpaired) electrons. The van der Waals surface area contributed by atoms with E-state index in [1.165, 1.54) is 0 Å². The number of rotatable bonds is 53. The number of ether oxygens (including phenoxy) is 18. The molecule has 0 saturated carbocycles. The van der Waals surface area contributed by atoms with Gasteiger partial charge in [0.2, 0.25) is 0 Å². The van der Waals surface area contributed by atoms with E-state index in [2.05, 4.69) is 76.2 Å². The second-order valence-electron chi connectivity index (χ2n) is 24.2. The van der Waals surface area contributed by atoms with E-state index in [9.17, 15) is 0 Å². The molecule has 0 aromatic rings. The first-order valence-corrected chi connectivity index (χ1v) is 35.4. The van der Waals surface area contributed by atoms with Crippen molar-refractivity contribution in [2.45, 2.75) is 341 Å². The lowest BCUT2D eigenvalue weighted by atomic mass is 9.95. The van der Waals surface area contributed by atoms with Gasteiger partial charge in [0, 0.05) is 79.3 Å². The Morgan fingerprint density at radius 3 is 0.977 bits per heavy atom. The van der Waals surface area contributed by atoms with Gasteiger partial charge in [-0.1, -0.05) is 147 Å². The van der Waals surface area contributed by atoms with Crippen molar-refractivity contribution in [3.63, 3.8) is 0 Å². The predicted molar refractivity (Wildman–Crippen MR) is 335 cm³/mol. The fraction of sp³-hybridized carbons (Fsp3) is 1.00. The Labute approximate surface area is 523 Å². The summed E-state index contributed by atoms with van der Waals surface area (Å²) in [4.78, 5) is 0. The van der Waals surface area contributed by atoms with E-state index >= 15 is 0 Å². The molecule has 0 bridgehead atoms. The lowest BCUT2D eigenvalue weighted by molar-refractivity contribution is -0.387. The highest BCUT2D eigenvalue weighted by molar-refractivity contribution is 4.99. The highest BCUT2D eigenvalue weighted by Gasteiger charge is 2.57. The molecule has 4 fully saturated rings. The Balaban J connectivity index is 1.91. The van der Waals surface area contributed by atoms with Crippen LogP contribution in [0.1, 0.15) is 231 Å². The molecule has 86 heavy (non-hydrogen) atoms. The zero-order chi connectivity index (χ0) is 62.0. The van der Waals surface area contributed by atoms with E-state index in [4.69, 9.17) is 85.3 Å². The fourth-order valence-corrected chi connectivity index (χ4v) is 11.0. The second kappa shape index (κ2) is 48.9. The van der Waals surface area contributed by atoms with Crippen molar-refractivity contribution in [2.75, 3.05) is 99.1 Å². The number of hydrogen-bond acceptors (Lipinski definition) is 18. The summed E-state index contributed by atoms with van der Waals surface area (Å²) >= 11 is 0. The van der Waals surface area contributed by atoms with Gasteiger partial charge in [0.1, 0.15) is 79.4 Å². The number of hydrogen-bond donors (Lipinski definition) is 0. The summed E-state index contributed by atoms with van der Waals surface area (Å²) in [5.74, 6) is 0. The molecule has 0 aromatic heterocycles. The van der Waals surface area contributed by atoms with Crippen LogP contribution >= 0.6 is 0 Å². The first-order valence-electron chi connectivity index (χ1n) is 35.4.